The number of aromatic nitrogens is 2. The molecule has 0 aliphatic heterocycles. The molecule has 0 saturated carbocycles. The zero-order valence-electron chi connectivity index (χ0n) is 15.2. The van der Waals surface area contributed by atoms with Crippen LogP contribution in [0.1, 0.15) is 12.6 Å². The first-order valence-corrected chi connectivity index (χ1v) is 10.1. The van der Waals surface area contributed by atoms with E-state index in [9.17, 15) is 4.79 Å². The van der Waals surface area contributed by atoms with E-state index in [0.29, 0.717) is 17.3 Å². The Labute approximate surface area is 171 Å². The average molecular weight is 412 g/mol. The van der Waals surface area contributed by atoms with Crippen LogP contribution < -0.4 is 10.1 Å². The van der Waals surface area contributed by atoms with Crippen LogP contribution in [0, 0.1) is 0 Å². The van der Waals surface area contributed by atoms with E-state index in [-0.39, 0.29) is 12.3 Å². The van der Waals surface area contributed by atoms with Gasteiger partial charge in [0.25, 0.3) is 0 Å². The molecule has 5 nitrogen and oxygen atoms in total. The van der Waals surface area contributed by atoms with Gasteiger partial charge in [0.15, 0.2) is 4.96 Å². The van der Waals surface area contributed by atoms with Crippen molar-refractivity contribution >= 4 is 39.5 Å². The molecular formula is C21H18ClN3O2S. The SMILES string of the molecule is CCOc1ccc(-c2cn3c(CC(=O)Nc4cccc(Cl)c4)csc3n2)cc1. The molecule has 4 aromatic rings. The molecule has 0 fully saturated rings. The van der Waals surface area contributed by atoms with Crippen molar-refractivity contribution in [1.29, 1.82) is 0 Å². The van der Waals surface area contributed by atoms with E-state index in [1.807, 2.05) is 53.2 Å². The summed E-state index contributed by atoms with van der Waals surface area (Å²) in [6, 6.07) is 15.0. The highest BCUT2D eigenvalue weighted by molar-refractivity contribution is 7.15. The Balaban J connectivity index is 1.52. The van der Waals surface area contributed by atoms with Crippen LogP contribution in [0.2, 0.25) is 5.02 Å². The molecule has 2 heterocycles. The maximum Gasteiger partial charge on any atom is 0.230 e. The molecule has 0 bridgehead atoms. The lowest BCUT2D eigenvalue weighted by Crippen LogP contribution is -2.15. The summed E-state index contributed by atoms with van der Waals surface area (Å²) >= 11 is 7.49. The van der Waals surface area contributed by atoms with Crippen LogP contribution in [0.4, 0.5) is 5.69 Å². The van der Waals surface area contributed by atoms with Gasteiger partial charge in [-0.15, -0.1) is 11.3 Å². The minimum absolute atomic E-state index is 0.0988. The Hall–Kier alpha value is -2.83. The van der Waals surface area contributed by atoms with Crippen molar-refractivity contribution in [3.05, 3.63) is 70.8 Å². The van der Waals surface area contributed by atoms with Gasteiger partial charge in [-0.3, -0.25) is 9.20 Å². The van der Waals surface area contributed by atoms with Crippen LogP contribution in [0.3, 0.4) is 0 Å². The summed E-state index contributed by atoms with van der Waals surface area (Å²) in [5.74, 6) is 0.740. The predicted octanol–water partition coefficient (Wildman–Crippen LogP) is 5.30. The second-order valence-corrected chi connectivity index (χ2v) is 7.47. The van der Waals surface area contributed by atoms with Gasteiger partial charge in [0.2, 0.25) is 5.91 Å². The molecule has 2 aromatic heterocycles. The second-order valence-electron chi connectivity index (χ2n) is 6.20. The molecular weight excluding hydrogens is 394 g/mol. The quantitative estimate of drug-likeness (QED) is 0.468. The molecule has 1 amide bonds. The first-order chi connectivity index (χ1) is 13.6. The Morgan fingerprint density at radius 1 is 1.25 bits per heavy atom. The largest absolute Gasteiger partial charge is 0.494 e. The molecule has 0 spiro atoms. The smallest absolute Gasteiger partial charge is 0.230 e. The fourth-order valence-electron chi connectivity index (χ4n) is 2.92. The predicted molar refractivity (Wildman–Crippen MR) is 113 cm³/mol. The third kappa shape index (κ3) is 4.03. The van der Waals surface area contributed by atoms with E-state index in [1.54, 1.807) is 18.2 Å². The van der Waals surface area contributed by atoms with Crippen LogP contribution in [0.5, 0.6) is 5.75 Å². The number of nitrogens with zero attached hydrogens (tertiary/aromatic N) is 2. The maximum atomic E-state index is 12.4. The molecule has 1 N–H and O–H groups in total. The monoisotopic (exact) mass is 411 g/mol. The highest BCUT2D eigenvalue weighted by atomic mass is 35.5. The normalized spacial score (nSPS) is 10.9. The topological polar surface area (TPSA) is 55.6 Å². The van der Waals surface area contributed by atoms with Crippen LogP contribution in [0.15, 0.2) is 60.1 Å². The molecule has 0 unspecified atom stereocenters. The number of carbonyl (C=O) groups is 1. The van der Waals surface area contributed by atoms with E-state index in [1.165, 1.54) is 11.3 Å². The van der Waals surface area contributed by atoms with Crippen molar-refractivity contribution in [3.63, 3.8) is 0 Å². The van der Waals surface area contributed by atoms with Gasteiger partial charge in [-0.05, 0) is 49.4 Å². The number of rotatable bonds is 6. The van der Waals surface area contributed by atoms with Crippen molar-refractivity contribution in [2.75, 3.05) is 11.9 Å². The van der Waals surface area contributed by atoms with Crippen molar-refractivity contribution in [3.8, 4) is 17.0 Å². The number of imidazole rings is 1. The molecule has 0 radical (unpaired) electrons. The van der Waals surface area contributed by atoms with E-state index in [2.05, 4.69) is 10.3 Å². The van der Waals surface area contributed by atoms with Crippen molar-refractivity contribution in [2.45, 2.75) is 13.3 Å². The lowest BCUT2D eigenvalue weighted by atomic mass is 10.1. The van der Waals surface area contributed by atoms with Gasteiger partial charge in [0.05, 0.1) is 18.7 Å². The van der Waals surface area contributed by atoms with E-state index >= 15 is 0 Å². The number of anilines is 1. The van der Waals surface area contributed by atoms with Gasteiger partial charge >= 0.3 is 0 Å². The number of carbonyl (C=O) groups excluding carboxylic acids is 1. The van der Waals surface area contributed by atoms with E-state index < -0.39 is 0 Å². The zero-order valence-corrected chi connectivity index (χ0v) is 16.8. The van der Waals surface area contributed by atoms with Gasteiger partial charge < -0.3 is 10.1 Å². The summed E-state index contributed by atoms with van der Waals surface area (Å²) < 4.78 is 7.45. The molecule has 142 valence electrons. The van der Waals surface area contributed by atoms with Crippen LogP contribution in [-0.2, 0) is 11.2 Å². The standard InChI is InChI=1S/C21H18ClN3O2S/c1-2-27-18-8-6-14(7-9-18)19-12-25-17(13-28-21(25)24-19)11-20(26)23-16-5-3-4-15(22)10-16/h3-10,12-13H,2,11H2,1H3,(H,23,26). The molecule has 7 heteroatoms. The third-order valence-corrected chi connectivity index (χ3v) is 5.32. The number of benzene rings is 2. The number of halogens is 1. The van der Waals surface area contributed by atoms with Crippen molar-refractivity contribution in [1.82, 2.24) is 9.38 Å². The lowest BCUT2D eigenvalue weighted by Gasteiger charge is -2.05. The third-order valence-electron chi connectivity index (χ3n) is 4.19. The lowest BCUT2D eigenvalue weighted by molar-refractivity contribution is -0.115. The number of fused-ring (bicyclic) bond motifs is 1. The minimum atomic E-state index is -0.0988. The van der Waals surface area contributed by atoms with Gasteiger partial charge in [-0.25, -0.2) is 4.98 Å². The average Bonchev–Trinajstić information content (AvgIpc) is 3.25. The fourth-order valence-corrected chi connectivity index (χ4v) is 3.98. The number of ether oxygens (including phenoxy) is 1. The van der Waals surface area contributed by atoms with Crippen molar-refractivity contribution in [2.24, 2.45) is 0 Å². The summed E-state index contributed by atoms with van der Waals surface area (Å²) in [4.78, 5) is 17.9. The zero-order chi connectivity index (χ0) is 19.5. The Morgan fingerprint density at radius 2 is 2.07 bits per heavy atom. The highest BCUT2D eigenvalue weighted by Gasteiger charge is 2.13. The van der Waals surface area contributed by atoms with E-state index in [0.717, 1.165) is 27.7 Å². The highest BCUT2D eigenvalue weighted by Crippen LogP contribution is 2.26. The van der Waals surface area contributed by atoms with Crippen LogP contribution in [0.25, 0.3) is 16.2 Å². The molecule has 0 aliphatic rings. The Kier molecular flexibility index (Phi) is 5.32. The number of hydrogen-bond donors (Lipinski definition) is 1. The summed E-state index contributed by atoms with van der Waals surface area (Å²) in [7, 11) is 0. The Bertz CT molecular complexity index is 1120. The minimum Gasteiger partial charge on any atom is -0.494 e. The maximum absolute atomic E-state index is 12.4. The van der Waals surface area contributed by atoms with Gasteiger partial charge in [0.1, 0.15) is 5.75 Å². The number of nitrogens with one attached hydrogen (secondary N) is 1. The fraction of sp³-hybridized carbons (Fsp3) is 0.143. The first kappa shape index (κ1) is 18.5. The molecule has 2 aromatic carbocycles. The Morgan fingerprint density at radius 3 is 2.82 bits per heavy atom. The molecule has 0 aliphatic carbocycles. The molecule has 28 heavy (non-hydrogen) atoms. The summed E-state index contributed by atoms with van der Waals surface area (Å²) in [5, 5.41) is 5.42. The second kappa shape index (κ2) is 8.04. The molecule has 0 atom stereocenters. The van der Waals surface area contributed by atoms with Gasteiger partial charge in [-0.2, -0.15) is 0 Å². The summed E-state index contributed by atoms with van der Waals surface area (Å²) in [6.45, 7) is 2.60. The van der Waals surface area contributed by atoms with Crippen LogP contribution >= 0.6 is 22.9 Å². The summed E-state index contributed by atoms with van der Waals surface area (Å²) in [5.41, 5.74) is 3.45. The molecule has 0 saturated heterocycles. The number of amides is 1. The van der Waals surface area contributed by atoms with Gasteiger partial charge in [0, 0.05) is 33.5 Å². The first-order valence-electron chi connectivity index (χ1n) is 8.86. The van der Waals surface area contributed by atoms with Gasteiger partial charge in [-0.1, -0.05) is 17.7 Å². The van der Waals surface area contributed by atoms with Crippen molar-refractivity contribution < 1.29 is 9.53 Å². The number of thiazole rings is 1. The molecule has 4 rings (SSSR count). The van der Waals surface area contributed by atoms with Crippen LogP contribution in [-0.4, -0.2) is 21.9 Å². The number of hydrogen-bond acceptors (Lipinski definition) is 4. The van der Waals surface area contributed by atoms with E-state index in [4.69, 9.17) is 16.3 Å². The summed E-state index contributed by atoms with van der Waals surface area (Å²) in [6.07, 6.45) is 2.22.